The molecule has 118 valence electrons. The van der Waals surface area contributed by atoms with Gasteiger partial charge in [-0.1, -0.05) is 12.1 Å². The molecule has 0 saturated heterocycles. The van der Waals surface area contributed by atoms with Gasteiger partial charge in [0.15, 0.2) is 0 Å². The number of hydrogen-bond donors (Lipinski definition) is 2. The number of hydrogen-bond acceptors (Lipinski definition) is 4. The van der Waals surface area contributed by atoms with E-state index < -0.39 is 23.7 Å². The average Bonchev–Trinajstić information content (AvgIpc) is 2.41. The summed E-state index contributed by atoms with van der Waals surface area (Å²) in [6.45, 7) is 5.12. The second-order valence-electron chi connectivity index (χ2n) is 5.88. The van der Waals surface area contributed by atoms with E-state index in [-0.39, 0.29) is 6.42 Å². The minimum absolute atomic E-state index is 0.237. The Morgan fingerprint density at radius 2 is 1.91 bits per heavy atom. The number of carbonyl (C=O) groups is 2. The third-order valence-electron chi connectivity index (χ3n) is 2.79. The minimum atomic E-state index is -1.11. The summed E-state index contributed by atoms with van der Waals surface area (Å²) in [7, 11) is 0. The third kappa shape index (κ3) is 6.27. The summed E-state index contributed by atoms with van der Waals surface area (Å²) >= 11 is 0. The van der Waals surface area contributed by atoms with Gasteiger partial charge in [-0.25, -0.2) is 9.59 Å². The van der Waals surface area contributed by atoms with E-state index in [1.165, 1.54) is 0 Å². The van der Waals surface area contributed by atoms with Crippen LogP contribution in [0.25, 0.3) is 0 Å². The van der Waals surface area contributed by atoms with Crippen LogP contribution in [-0.2, 0) is 16.0 Å². The van der Waals surface area contributed by atoms with Crippen molar-refractivity contribution < 1.29 is 19.4 Å². The fourth-order valence-corrected chi connectivity index (χ4v) is 1.76. The van der Waals surface area contributed by atoms with Crippen LogP contribution < -0.4 is 5.32 Å². The molecule has 0 aliphatic heterocycles. The molecular formula is C16H20N2O4. The molecule has 0 bridgehead atoms. The summed E-state index contributed by atoms with van der Waals surface area (Å²) in [4.78, 5) is 22.8. The summed E-state index contributed by atoms with van der Waals surface area (Å²) in [5.74, 6) is -1.11. The fourth-order valence-electron chi connectivity index (χ4n) is 1.76. The number of carbonyl (C=O) groups excluding carboxylic acids is 1. The predicted octanol–water partition coefficient (Wildman–Crippen LogP) is 2.47. The zero-order chi connectivity index (χ0) is 16.8. The molecule has 0 unspecified atom stereocenters. The van der Waals surface area contributed by atoms with E-state index in [1.807, 2.05) is 6.07 Å². The van der Waals surface area contributed by atoms with Crippen LogP contribution in [0.4, 0.5) is 4.79 Å². The topological polar surface area (TPSA) is 99.4 Å². The molecule has 6 heteroatoms. The lowest BCUT2D eigenvalue weighted by atomic mass is 10.0. The molecule has 1 rings (SSSR count). The Labute approximate surface area is 129 Å². The fraction of sp³-hybridized carbons (Fsp3) is 0.438. The maximum absolute atomic E-state index is 11.6. The molecule has 6 nitrogen and oxygen atoms in total. The maximum atomic E-state index is 11.6. The first-order chi connectivity index (χ1) is 10.2. The lowest BCUT2D eigenvalue weighted by Crippen LogP contribution is -2.43. The number of nitriles is 1. The quantitative estimate of drug-likeness (QED) is 0.870. The zero-order valence-electron chi connectivity index (χ0n) is 12.9. The summed E-state index contributed by atoms with van der Waals surface area (Å²) in [5, 5.41) is 20.2. The molecule has 0 radical (unpaired) electrons. The molecule has 0 heterocycles. The number of carboxylic acids is 1. The van der Waals surface area contributed by atoms with E-state index in [1.54, 1.807) is 45.0 Å². The van der Waals surface area contributed by atoms with Crippen LogP contribution in [-0.4, -0.2) is 28.8 Å². The number of rotatable bonds is 5. The lowest BCUT2D eigenvalue weighted by molar-refractivity contribution is -0.139. The number of benzene rings is 1. The third-order valence-corrected chi connectivity index (χ3v) is 2.79. The highest BCUT2D eigenvalue weighted by Crippen LogP contribution is 2.10. The highest BCUT2D eigenvalue weighted by Gasteiger charge is 2.23. The molecule has 0 spiro atoms. The standard InChI is InChI=1S/C16H20N2O4/c1-16(2,3)22-15(21)18-13(14(19)20)9-8-11-4-6-12(10-17)7-5-11/h4-7,13H,8-9H2,1-3H3,(H,18,21)(H,19,20)/t13-/m0/s1. The average molecular weight is 304 g/mol. The lowest BCUT2D eigenvalue weighted by Gasteiger charge is -2.22. The monoisotopic (exact) mass is 304 g/mol. The number of alkyl carbamates (subject to hydrolysis) is 1. The molecule has 2 N–H and O–H groups in total. The summed E-state index contributed by atoms with van der Waals surface area (Å²) in [6.07, 6.45) is -0.0430. The normalized spacial score (nSPS) is 12.1. The second kappa shape index (κ2) is 7.46. The Hall–Kier alpha value is -2.55. The van der Waals surface area contributed by atoms with E-state index in [0.717, 1.165) is 5.56 Å². The van der Waals surface area contributed by atoms with Crippen molar-refractivity contribution in [2.24, 2.45) is 0 Å². The van der Waals surface area contributed by atoms with Gasteiger partial charge < -0.3 is 15.2 Å². The van der Waals surface area contributed by atoms with E-state index >= 15 is 0 Å². The number of aliphatic carboxylic acids is 1. The molecule has 0 aliphatic carbocycles. The van der Waals surface area contributed by atoms with Crippen molar-refractivity contribution in [3.05, 3.63) is 35.4 Å². The molecule has 0 fully saturated rings. The van der Waals surface area contributed by atoms with Gasteiger partial charge in [0.05, 0.1) is 11.6 Å². The second-order valence-corrected chi connectivity index (χ2v) is 5.88. The number of nitrogens with one attached hydrogen (secondary N) is 1. The van der Waals surface area contributed by atoms with Crippen LogP contribution in [0, 0.1) is 11.3 Å². The van der Waals surface area contributed by atoms with Crippen LogP contribution in [0.15, 0.2) is 24.3 Å². The Balaban J connectivity index is 2.59. The number of carboxylic acid groups (broad SMARTS) is 1. The van der Waals surface area contributed by atoms with Gasteiger partial charge >= 0.3 is 12.1 Å². The first-order valence-electron chi connectivity index (χ1n) is 6.92. The SMILES string of the molecule is CC(C)(C)OC(=O)N[C@@H](CCc1ccc(C#N)cc1)C(=O)O. The van der Waals surface area contributed by atoms with E-state index in [9.17, 15) is 9.59 Å². The van der Waals surface area contributed by atoms with E-state index in [4.69, 9.17) is 15.1 Å². The van der Waals surface area contributed by atoms with Crippen LogP contribution >= 0.6 is 0 Å². The number of ether oxygens (including phenoxy) is 1. The Morgan fingerprint density at radius 1 is 1.32 bits per heavy atom. The molecule has 0 aromatic heterocycles. The van der Waals surface area contributed by atoms with Gasteiger partial charge in [0.1, 0.15) is 11.6 Å². The Bertz CT molecular complexity index is 567. The first-order valence-corrected chi connectivity index (χ1v) is 6.92. The van der Waals surface area contributed by atoms with Gasteiger partial charge in [-0.3, -0.25) is 0 Å². The maximum Gasteiger partial charge on any atom is 0.408 e. The van der Waals surface area contributed by atoms with Gasteiger partial charge in [-0.2, -0.15) is 5.26 Å². The molecule has 1 amide bonds. The van der Waals surface area contributed by atoms with Crippen molar-refractivity contribution in [1.82, 2.24) is 5.32 Å². The molecule has 1 aromatic rings. The summed E-state index contributed by atoms with van der Waals surface area (Å²) in [6, 6.07) is 7.88. The molecule has 0 saturated carbocycles. The first kappa shape index (κ1) is 17.5. The molecule has 0 aliphatic rings. The van der Waals surface area contributed by atoms with E-state index in [2.05, 4.69) is 5.32 Å². The van der Waals surface area contributed by atoms with Crippen molar-refractivity contribution in [1.29, 1.82) is 5.26 Å². The van der Waals surface area contributed by atoms with Crippen molar-refractivity contribution in [3.8, 4) is 6.07 Å². The van der Waals surface area contributed by atoms with Crippen molar-refractivity contribution in [3.63, 3.8) is 0 Å². The minimum Gasteiger partial charge on any atom is -0.480 e. The van der Waals surface area contributed by atoms with Crippen molar-refractivity contribution >= 4 is 12.1 Å². The predicted molar refractivity (Wildman–Crippen MR) is 80.3 cm³/mol. The van der Waals surface area contributed by atoms with Crippen LogP contribution in [0.2, 0.25) is 0 Å². The zero-order valence-corrected chi connectivity index (χ0v) is 12.9. The van der Waals surface area contributed by atoms with Gasteiger partial charge in [0, 0.05) is 0 Å². The Morgan fingerprint density at radius 3 is 2.36 bits per heavy atom. The van der Waals surface area contributed by atoms with E-state index in [0.29, 0.717) is 12.0 Å². The molecular weight excluding hydrogens is 284 g/mol. The molecule has 1 aromatic carbocycles. The summed E-state index contributed by atoms with van der Waals surface area (Å²) < 4.78 is 5.05. The van der Waals surface area contributed by atoms with Crippen LogP contribution in [0.1, 0.15) is 38.3 Å². The van der Waals surface area contributed by atoms with Gasteiger partial charge in [-0.05, 0) is 51.3 Å². The highest BCUT2D eigenvalue weighted by atomic mass is 16.6. The smallest absolute Gasteiger partial charge is 0.408 e. The summed E-state index contributed by atoms with van der Waals surface area (Å²) in [5.41, 5.74) is 0.766. The number of amides is 1. The van der Waals surface area contributed by atoms with Crippen LogP contribution in [0.5, 0.6) is 0 Å². The number of nitrogens with zero attached hydrogens (tertiary/aromatic N) is 1. The molecule has 1 atom stereocenters. The number of aryl methyl sites for hydroxylation is 1. The van der Waals surface area contributed by atoms with Gasteiger partial charge in [0.25, 0.3) is 0 Å². The highest BCUT2D eigenvalue weighted by molar-refractivity contribution is 5.80. The van der Waals surface area contributed by atoms with Gasteiger partial charge in [0.2, 0.25) is 0 Å². The molecule has 22 heavy (non-hydrogen) atoms. The Kier molecular flexibility index (Phi) is 5.93. The van der Waals surface area contributed by atoms with Crippen molar-refractivity contribution in [2.75, 3.05) is 0 Å². The largest absolute Gasteiger partial charge is 0.480 e. The van der Waals surface area contributed by atoms with Crippen LogP contribution in [0.3, 0.4) is 0 Å². The van der Waals surface area contributed by atoms with Gasteiger partial charge in [-0.15, -0.1) is 0 Å². The van der Waals surface area contributed by atoms with Crippen molar-refractivity contribution in [2.45, 2.75) is 45.3 Å².